The van der Waals surface area contributed by atoms with Crippen molar-refractivity contribution < 1.29 is 33.8 Å². The van der Waals surface area contributed by atoms with Crippen molar-refractivity contribution in [1.82, 2.24) is 0 Å². The molecule has 0 saturated heterocycles. The summed E-state index contributed by atoms with van der Waals surface area (Å²) in [4.78, 5) is 36.2. The number of fused-ring (bicyclic) bond motifs is 5. The number of rotatable bonds is 5. The second kappa shape index (κ2) is 11.4. The minimum atomic E-state index is -1.87. The average Bonchev–Trinajstić information content (AvgIpc) is 3.25. The SMILES string of the molecule is CCC(=O)OCC(=O)[C@H]1CCC2[C@@H]3CCC4=CC(=O)C=C[C@]4(C)[C@@]3(F)[C@@H](O)C[C@@]21C.CN(O)c1ccc(Cl)cc1. The summed E-state index contributed by atoms with van der Waals surface area (Å²) >= 11 is 5.62. The Bertz CT molecular complexity index is 1210. The number of alkyl halides is 1. The van der Waals surface area contributed by atoms with Gasteiger partial charge in [0.2, 0.25) is 0 Å². The largest absolute Gasteiger partial charge is 0.458 e. The number of ether oxygens (including phenoxy) is 1. The molecule has 9 heteroatoms. The first-order chi connectivity index (χ1) is 18.8. The Hall–Kier alpha value is -2.55. The van der Waals surface area contributed by atoms with Crippen LogP contribution < -0.4 is 5.06 Å². The number of carbonyl (C=O) groups is 3. The molecule has 3 saturated carbocycles. The molecule has 0 aromatic heterocycles. The molecule has 7 atom stereocenters. The lowest BCUT2D eigenvalue weighted by Crippen LogP contribution is -2.66. The highest BCUT2D eigenvalue weighted by molar-refractivity contribution is 6.30. The topological polar surface area (TPSA) is 104 Å². The van der Waals surface area contributed by atoms with Crippen LogP contribution in [0.15, 0.2) is 48.1 Å². The molecule has 1 unspecified atom stereocenters. The number of aliphatic hydroxyl groups excluding tert-OH is 1. The Morgan fingerprint density at radius 3 is 2.45 bits per heavy atom. The quantitative estimate of drug-likeness (QED) is 0.345. The van der Waals surface area contributed by atoms with Crippen molar-refractivity contribution in [2.24, 2.45) is 28.6 Å². The zero-order valence-corrected chi connectivity index (χ0v) is 24.3. The predicted molar refractivity (Wildman–Crippen MR) is 150 cm³/mol. The van der Waals surface area contributed by atoms with E-state index < -0.39 is 28.6 Å². The summed E-state index contributed by atoms with van der Waals surface area (Å²) in [6.07, 6.45) is 6.27. The van der Waals surface area contributed by atoms with E-state index >= 15 is 4.39 Å². The molecule has 3 fully saturated rings. The third-order valence-corrected chi connectivity index (χ3v) is 10.1. The molecule has 0 bridgehead atoms. The van der Waals surface area contributed by atoms with E-state index in [9.17, 15) is 19.5 Å². The molecular formula is C31H39ClFNO6. The van der Waals surface area contributed by atoms with E-state index in [2.05, 4.69) is 0 Å². The lowest BCUT2D eigenvalue weighted by atomic mass is 9.45. The van der Waals surface area contributed by atoms with Crippen LogP contribution in [0.3, 0.4) is 0 Å². The number of esters is 1. The van der Waals surface area contributed by atoms with Gasteiger partial charge < -0.3 is 9.84 Å². The number of nitrogens with zero attached hydrogens (tertiary/aromatic N) is 1. The second-order valence-corrected chi connectivity index (χ2v) is 12.4. The monoisotopic (exact) mass is 575 g/mol. The van der Waals surface area contributed by atoms with Crippen LogP contribution in [0.25, 0.3) is 0 Å². The highest BCUT2D eigenvalue weighted by atomic mass is 35.5. The number of halogens is 2. The van der Waals surface area contributed by atoms with Crippen molar-refractivity contribution in [1.29, 1.82) is 0 Å². The normalized spacial score (nSPS) is 35.8. The molecule has 0 amide bonds. The van der Waals surface area contributed by atoms with Crippen molar-refractivity contribution in [3.8, 4) is 0 Å². The number of carbonyl (C=O) groups excluding carboxylic acids is 3. The van der Waals surface area contributed by atoms with Gasteiger partial charge in [0.1, 0.15) is 6.61 Å². The van der Waals surface area contributed by atoms with E-state index in [1.54, 1.807) is 51.2 Å². The number of anilines is 1. The number of hydrogen-bond acceptors (Lipinski definition) is 7. The molecule has 40 heavy (non-hydrogen) atoms. The molecule has 1 aromatic carbocycles. The Morgan fingerprint density at radius 2 is 1.82 bits per heavy atom. The molecular weight excluding hydrogens is 537 g/mol. The third-order valence-electron chi connectivity index (χ3n) is 9.89. The van der Waals surface area contributed by atoms with Crippen LogP contribution in [-0.4, -0.2) is 53.3 Å². The van der Waals surface area contributed by atoms with Crippen LogP contribution in [0.4, 0.5) is 10.1 Å². The van der Waals surface area contributed by atoms with E-state index in [0.717, 1.165) is 22.7 Å². The molecule has 7 nitrogen and oxygen atoms in total. The van der Waals surface area contributed by atoms with Crippen molar-refractivity contribution >= 4 is 34.8 Å². The fourth-order valence-electron chi connectivity index (χ4n) is 7.75. The molecule has 4 aliphatic rings. The molecule has 0 aliphatic heterocycles. The number of hydrogen-bond donors (Lipinski definition) is 2. The lowest BCUT2D eigenvalue weighted by molar-refractivity contribution is -0.196. The zero-order valence-electron chi connectivity index (χ0n) is 23.5. The molecule has 1 aromatic rings. The molecule has 0 radical (unpaired) electrons. The van der Waals surface area contributed by atoms with Gasteiger partial charge in [0.05, 0.1) is 11.8 Å². The number of benzene rings is 1. The van der Waals surface area contributed by atoms with Gasteiger partial charge in [0.25, 0.3) is 0 Å². The molecule has 5 rings (SSSR count). The first-order valence-electron chi connectivity index (χ1n) is 14.0. The molecule has 0 spiro atoms. The average molecular weight is 576 g/mol. The minimum Gasteiger partial charge on any atom is -0.458 e. The maximum atomic E-state index is 16.9. The molecule has 0 heterocycles. The van der Waals surface area contributed by atoms with Gasteiger partial charge in [-0.25, -0.2) is 4.39 Å². The van der Waals surface area contributed by atoms with Gasteiger partial charge in [-0.3, -0.25) is 24.7 Å². The second-order valence-electron chi connectivity index (χ2n) is 12.0. The maximum Gasteiger partial charge on any atom is 0.305 e. The van der Waals surface area contributed by atoms with Crippen LogP contribution in [0.5, 0.6) is 0 Å². The van der Waals surface area contributed by atoms with E-state index in [1.165, 1.54) is 12.2 Å². The Kier molecular flexibility index (Phi) is 8.65. The van der Waals surface area contributed by atoms with Crippen LogP contribution in [-0.2, 0) is 19.1 Å². The minimum absolute atomic E-state index is 0.0360. The Balaban J connectivity index is 0.000000312. The van der Waals surface area contributed by atoms with E-state index in [0.29, 0.717) is 24.3 Å². The summed E-state index contributed by atoms with van der Waals surface area (Å²) in [5.41, 5.74) is -1.92. The summed E-state index contributed by atoms with van der Waals surface area (Å²) in [6, 6.07) is 6.93. The van der Waals surface area contributed by atoms with Gasteiger partial charge in [-0.2, -0.15) is 0 Å². The first kappa shape index (κ1) is 30.4. The van der Waals surface area contributed by atoms with Crippen molar-refractivity contribution in [2.75, 3.05) is 18.7 Å². The summed E-state index contributed by atoms with van der Waals surface area (Å²) in [5, 5.41) is 21.8. The van der Waals surface area contributed by atoms with Crippen molar-refractivity contribution in [3.63, 3.8) is 0 Å². The highest BCUT2D eigenvalue weighted by Crippen LogP contribution is 2.68. The molecule has 2 N–H and O–H groups in total. The summed E-state index contributed by atoms with van der Waals surface area (Å²) in [6.45, 7) is 5.21. The van der Waals surface area contributed by atoms with Crippen LogP contribution in [0.1, 0.15) is 59.3 Å². The van der Waals surface area contributed by atoms with Gasteiger partial charge in [-0.15, -0.1) is 0 Å². The number of hydroxylamine groups is 1. The van der Waals surface area contributed by atoms with E-state index in [4.69, 9.17) is 21.5 Å². The van der Waals surface area contributed by atoms with Gasteiger partial charge in [-0.1, -0.05) is 37.1 Å². The van der Waals surface area contributed by atoms with Crippen LogP contribution in [0.2, 0.25) is 5.02 Å². The third kappa shape index (κ3) is 5.14. The molecule has 218 valence electrons. The standard InChI is InChI=1S/C24H31FO5.C7H8ClNO/c1-4-21(29)30-13-19(27)18-8-7-16-17-6-5-14-11-15(26)9-10-23(14,3)24(17,25)20(28)12-22(16,18)2;1-9(10)7-4-2-6(8)3-5-7/h9-11,16-18,20,28H,4-8,12-13H2,1-3H3;2-5,10H,1H3/t16?,17-,18+,20-,22-,23-,24-;/m0./s1. The Morgan fingerprint density at radius 1 is 1.15 bits per heavy atom. The summed E-state index contributed by atoms with van der Waals surface area (Å²) < 4.78 is 22.0. The predicted octanol–water partition coefficient (Wildman–Crippen LogP) is 5.66. The number of aliphatic hydroxyl groups is 1. The smallest absolute Gasteiger partial charge is 0.305 e. The van der Waals surface area contributed by atoms with Gasteiger partial charge in [0, 0.05) is 35.7 Å². The van der Waals surface area contributed by atoms with Gasteiger partial charge in [0.15, 0.2) is 17.2 Å². The Labute approximate surface area is 240 Å². The number of allylic oxidation sites excluding steroid dienone is 4. The fraction of sp³-hybridized carbons (Fsp3) is 0.581. The van der Waals surface area contributed by atoms with Gasteiger partial charge >= 0.3 is 5.97 Å². The van der Waals surface area contributed by atoms with Crippen LogP contribution >= 0.6 is 11.6 Å². The summed E-state index contributed by atoms with van der Waals surface area (Å²) in [5.74, 6) is -1.44. The van der Waals surface area contributed by atoms with Gasteiger partial charge in [-0.05, 0) is 86.8 Å². The fourth-order valence-corrected chi connectivity index (χ4v) is 7.87. The van der Waals surface area contributed by atoms with Crippen molar-refractivity contribution in [2.45, 2.75) is 71.1 Å². The molecule has 4 aliphatic carbocycles. The summed E-state index contributed by atoms with van der Waals surface area (Å²) in [7, 11) is 1.56. The zero-order chi connectivity index (χ0) is 29.5. The number of ketones is 2. The van der Waals surface area contributed by atoms with Crippen LogP contribution in [0, 0.1) is 28.6 Å². The number of Topliss-reactive ketones (excluding diaryl/α,β-unsaturated/α-hetero) is 1. The van der Waals surface area contributed by atoms with E-state index in [-0.39, 0.29) is 48.8 Å². The first-order valence-corrected chi connectivity index (χ1v) is 14.3. The lowest BCUT2D eigenvalue weighted by Gasteiger charge is -2.62. The maximum absolute atomic E-state index is 16.9. The highest BCUT2D eigenvalue weighted by Gasteiger charge is 2.70. The van der Waals surface area contributed by atoms with Crippen molar-refractivity contribution in [3.05, 3.63) is 53.1 Å². The van der Waals surface area contributed by atoms with E-state index in [1.807, 2.05) is 6.92 Å².